The molecule has 0 rings (SSSR count). The third kappa shape index (κ3) is 64.1. The van der Waals surface area contributed by atoms with Crippen molar-refractivity contribution in [2.24, 2.45) is 0 Å². The molecule has 0 spiro atoms. The zero-order chi connectivity index (χ0) is 59.1. The lowest BCUT2D eigenvalue weighted by Gasteiger charge is -2.25. The summed E-state index contributed by atoms with van der Waals surface area (Å²) >= 11 is 0. The topological polar surface area (TPSA) is 105 Å². The fourth-order valence-electron chi connectivity index (χ4n) is 9.01. The molecule has 8 nitrogen and oxygen atoms in total. The van der Waals surface area contributed by atoms with Gasteiger partial charge in [-0.3, -0.25) is 13.8 Å². The molecule has 1 amide bonds. The Morgan fingerprint density at radius 2 is 0.741 bits per heavy atom. The van der Waals surface area contributed by atoms with Crippen LogP contribution >= 0.6 is 7.82 Å². The zero-order valence-electron chi connectivity index (χ0n) is 53.0. The molecular formula is C72H126N2O6P+. The van der Waals surface area contributed by atoms with Crippen LogP contribution in [-0.4, -0.2) is 73.4 Å². The largest absolute Gasteiger partial charge is 0.472 e. The maximum Gasteiger partial charge on any atom is 0.472 e. The number of amides is 1. The molecule has 0 saturated carbocycles. The minimum Gasteiger partial charge on any atom is -0.387 e. The van der Waals surface area contributed by atoms with Gasteiger partial charge in [-0.15, -0.1) is 0 Å². The lowest BCUT2D eigenvalue weighted by Crippen LogP contribution is -2.45. The number of hydrogen-bond acceptors (Lipinski definition) is 5. The Balaban J connectivity index is 4.16. The first-order valence-electron chi connectivity index (χ1n) is 33.1. The van der Waals surface area contributed by atoms with Crippen LogP contribution in [0.1, 0.15) is 264 Å². The van der Waals surface area contributed by atoms with Crippen molar-refractivity contribution in [2.75, 3.05) is 40.9 Å². The summed E-state index contributed by atoms with van der Waals surface area (Å²) in [6.45, 7) is 4.70. The molecule has 0 saturated heterocycles. The molecule has 0 fully saturated rings. The van der Waals surface area contributed by atoms with E-state index in [1.807, 2.05) is 27.2 Å². The average molecular weight is 1150 g/mol. The second-order valence-corrected chi connectivity index (χ2v) is 24.6. The van der Waals surface area contributed by atoms with Crippen molar-refractivity contribution in [1.29, 1.82) is 0 Å². The zero-order valence-corrected chi connectivity index (χ0v) is 53.9. The highest BCUT2D eigenvalue weighted by molar-refractivity contribution is 7.47. The van der Waals surface area contributed by atoms with Crippen molar-refractivity contribution in [3.63, 3.8) is 0 Å². The average Bonchev–Trinajstić information content (AvgIpc) is 3.43. The number of nitrogens with one attached hydrogen (secondary N) is 1. The molecule has 0 aromatic carbocycles. The Bertz CT molecular complexity index is 1780. The maximum absolute atomic E-state index is 13.0. The Morgan fingerprint density at radius 3 is 1.09 bits per heavy atom. The Kier molecular flexibility index (Phi) is 58.7. The van der Waals surface area contributed by atoms with Gasteiger partial charge in [0.2, 0.25) is 5.91 Å². The van der Waals surface area contributed by atoms with Crippen LogP contribution in [0.15, 0.2) is 134 Å². The highest BCUT2D eigenvalue weighted by Crippen LogP contribution is 2.43. The number of phosphoric ester groups is 1. The number of unbranched alkanes of at least 4 members (excludes halogenated alkanes) is 26. The molecule has 0 heterocycles. The molecule has 464 valence electrons. The molecule has 0 radical (unpaired) electrons. The van der Waals surface area contributed by atoms with Crippen molar-refractivity contribution in [3.05, 3.63) is 134 Å². The summed E-state index contributed by atoms with van der Waals surface area (Å²) in [5.41, 5.74) is 0. The number of nitrogens with zero attached hydrogens (tertiary/aromatic N) is 1. The van der Waals surface area contributed by atoms with E-state index in [2.05, 4.69) is 141 Å². The van der Waals surface area contributed by atoms with Gasteiger partial charge in [0.05, 0.1) is 39.9 Å². The minimum atomic E-state index is -4.36. The van der Waals surface area contributed by atoms with Crippen LogP contribution < -0.4 is 5.32 Å². The number of aliphatic hydroxyl groups is 1. The van der Waals surface area contributed by atoms with Crippen molar-refractivity contribution in [2.45, 2.75) is 276 Å². The number of likely N-dealkylation sites (N-methyl/N-ethyl adjacent to an activating group) is 1. The Hall–Kier alpha value is -3.36. The summed E-state index contributed by atoms with van der Waals surface area (Å²) in [5.74, 6) is -0.189. The fraction of sp³-hybridized carbons (Fsp3) is 0.681. The van der Waals surface area contributed by atoms with Crippen LogP contribution in [0.4, 0.5) is 0 Å². The monoisotopic (exact) mass is 1150 g/mol. The molecule has 0 aromatic heterocycles. The number of allylic oxidation sites excluding steroid dienone is 21. The molecule has 9 heteroatoms. The first-order valence-corrected chi connectivity index (χ1v) is 34.6. The number of carbonyl (C=O) groups excluding carboxylic acids is 1. The van der Waals surface area contributed by atoms with E-state index in [4.69, 9.17) is 9.05 Å². The number of rotatable bonds is 59. The van der Waals surface area contributed by atoms with Gasteiger partial charge < -0.3 is 19.8 Å². The summed E-state index contributed by atoms with van der Waals surface area (Å²) in [4.78, 5) is 23.4. The summed E-state index contributed by atoms with van der Waals surface area (Å²) in [7, 11) is 1.55. The van der Waals surface area contributed by atoms with Crippen molar-refractivity contribution < 1.29 is 32.9 Å². The highest BCUT2D eigenvalue weighted by atomic mass is 31.2. The van der Waals surface area contributed by atoms with Crippen molar-refractivity contribution >= 4 is 13.7 Å². The van der Waals surface area contributed by atoms with E-state index in [0.717, 1.165) is 116 Å². The molecule has 0 aliphatic heterocycles. The van der Waals surface area contributed by atoms with Gasteiger partial charge in [-0.1, -0.05) is 295 Å². The molecule has 3 unspecified atom stereocenters. The van der Waals surface area contributed by atoms with Crippen LogP contribution in [0.5, 0.6) is 0 Å². The third-order valence-electron chi connectivity index (χ3n) is 14.1. The summed E-state index contributed by atoms with van der Waals surface area (Å²) < 4.78 is 23.8. The van der Waals surface area contributed by atoms with Gasteiger partial charge in [0, 0.05) is 6.42 Å². The van der Waals surface area contributed by atoms with Crippen LogP contribution in [0.3, 0.4) is 0 Å². The molecular weight excluding hydrogens is 1020 g/mol. The number of carbonyl (C=O) groups is 1. The molecule has 0 aliphatic carbocycles. The standard InChI is InChI=1S/C72H125N2O6P/c1-6-8-10-12-14-16-18-20-22-24-26-28-29-30-31-32-33-34-35-36-37-38-39-40-41-42-43-44-45-46-48-50-52-54-56-58-60-62-64-66-72(76)73-70(69-80-81(77,78)79-68-67-74(3,4)5)71(75)65-63-61-59-57-55-53-51-49-47-27-25-23-21-19-17-15-13-11-9-7-2/h8,10,14,16,20,22,26,28,30-31,33-34,36-37,39-40,42-43,45-46,63,65,70-71,75H,6-7,9,11-13,15,17-19,21,23-25,27,29,32,35,38,41,44,47-62,64,66-69H2,1-5H3,(H-,73,76,77,78)/p+1/b10-8-,16-14-,22-20-,28-26-,31-30-,34-33-,37-36-,40-39-,43-42-,46-45-,65-63+. The normalized spacial score (nSPS) is 14.6. The van der Waals surface area contributed by atoms with Crippen LogP contribution in [0.2, 0.25) is 0 Å². The molecule has 0 aliphatic rings. The predicted octanol–water partition coefficient (Wildman–Crippen LogP) is 21.0. The summed E-state index contributed by atoms with van der Waals surface area (Å²) in [5, 5.41) is 14.0. The number of quaternary nitrogens is 1. The number of aliphatic hydroxyl groups excluding tert-OH is 1. The van der Waals surface area contributed by atoms with Crippen LogP contribution in [0.25, 0.3) is 0 Å². The van der Waals surface area contributed by atoms with Gasteiger partial charge in [0.1, 0.15) is 13.2 Å². The van der Waals surface area contributed by atoms with Crippen LogP contribution in [0, 0.1) is 0 Å². The Morgan fingerprint density at radius 1 is 0.432 bits per heavy atom. The molecule has 3 atom stereocenters. The van der Waals surface area contributed by atoms with E-state index in [9.17, 15) is 19.4 Å². The number of hydrogen-bond donors (Lipinski definition) is 3. The highest BCUT2D eigenvalue weighted by Gasteiger charge is 2.27. The van der Waals surface area contributed by atoms with Crippen molar-refractivity contribution in [3.8, 4) is 0 Å². The lowest BCUT2D eigenvalue weighted by atomic mass is 10.0. The fourth-order valence-corrected chi connectivity index (χ4v) is 9.75. The first kappa shape index (κ1) is 77.6. The van der Waals surface area contributed by atoms with Gasteiger partial charge in [-0.25, -0.2) is 4.57 Å². The second-order valence-electron chi connectivity index (χ2n) is 23.1. The molecule has 81 heavy (non-hydrogen) atoms. The summed E-state index contributed by atoms with van der Waals surface area (Å²) in [6.07, 6.45) is 92.8. The summed E-state index contributed by atoms with van der Waals surface area (Å²) in [6, 6.07) is -0.861. The van der Waals surface area contributed by atoms with E-state index < -0.39 is 20.0 Å². The number of phosphoric acid groups is 1. The van der Waals surface area contributed by atoms with Gasteiger partial charge >= 0.3 is 7.82 Å². The van der Waals surface area contributed by atoms with E-state index >= 15 is 0 Å². The Labute approximate surface area is 500 Å². The predicted molar refractivity (Wildman–Crippen MR) is 355 cm³/mol. The quantitative estimate of drug-likeness (QED) is 0.0243. The van der Waals surface area contributed by atoms with E-state index in [1.54, 1.807) is 6.08 Å². The minimum absolute atomic E-state index is 0.0539. The third-order valence-corrected chi connectivity index (χ3v) is 15.1. The lowest BCUT2D eigenvalue weighted by molar-refractivity contribution is -0.870. The first-order chi connectivity index (χ1) is 39.5. The maximum atomic E-state index is 13.0. The SMILES string of the molecule is CC/C=C\C/C=C\C/C=C\C/C=C\C/C=C\C/C=C\C/C=C\C/C=C\C/C=C\C/C=C\CCCCCCCCCCC(=O)NC(COP(=O)(O)OCC[N+](C)(C)C)C(O)/C=C/CCCCCCCCCCCCCCCCCCCC. The smallest absolute Gasteiger partial charge is 0.387 e. The van der Waals surface area contributed by atoms with Gasteiger partial charge in [-0.2, -0.15) is 0 Å². The van der Waals surface area contributed by atoms with Gasteiger partial charge in [-0.05, 0) is 96.3 Å². The molecule has 3 N–H and O–H groups in total. The van der Waals surface area contributed by atoms with E-state index in [0.29, 0.717) is 17.4 Å². The van der Waals surface area contributed by atoms with Crippen molar-refractivity contribution in [1.82, 2.24) is 5.32 Å². The van der Waals surface area contributed by atoms with E-state index in [-0.39, 0.29) is 19.1 Å². The van der Waals surface area contributed by atoms with E-state index in [1.165, 1.54) is 128 Å². The molecule has 0 bridgehead atoms. The second kappa shape index (κ2) is 61.2. The molecule has 0 aromatic rings. The van der Waals surface area contributed by atoms with Gasteiger partial charge in [0.25, 0.3) is 0 Å². The van der Waals surface area contributed by atoms with Crippen LogP contribution in [-0.2, 0) is 18.4 Å². The van der Waals surface area contributed by atoms with Gasteiger partial charge in [0.15, 0.2) is 0 Å².